The Balaban J connectivity index is 2.84. The van der Waals surface area contributed by atoms with Crippen LogP contribution in [-0.4, -0.2) is 26.3 Å². The van der Waals surface area contributed by atoms with Crippen molar-refractivity contribution in [3.63, 3.8) is 0 Å². The molecule has 0 fully saturated rings. The van der Waals surface area contributed by atoms with E-state index in [2.05, 4.69) is 17.8 Å². The molecule has 1 N–H and O–H groups in total. The molecular formula is C11H19NO. The number of hydrogen-bond acceptors (Lipinski definition) is 2. The molecule has 0 atom stereocenters. The first-order chi connectivity index (χ1) is 6.41. The second-order valence-corrected chi connectivity index (χ2v) is 2.75. The zero-order valence-electron chi connectivity index (χ0n) is 8.22. The molecule has 0 saturated heterocycles. The molecule has 13 heavy (non-hydrogen) atoms. The highest BCUT2D eigenvalue weighted by Gasteiger charge is 1.87. The lowest BCUT2D eigenvalue weighted by molar-refractivity contribution is 0.140. The summed E-state index contributed by atoms with van der Waals surface area (Å²) < 4.78 is 5.31. The maximum absolute atomic E-state index is 5.31. The highest BCUT2D eigenvalue weighted by molar-refractivity contribution is 4.83. The van der Waals surface area contributed by atoms with Crippen molar-refractivity contribution >= 4 is 0 Å². The van der Waals surface area contributed by atoms with Crippen molar-refractivity contribution in [2.45, 2.75) is 19.3 Å². The minimum absolute atomic E-state index is 0.768. The lowest BCUT2D eigenvalue weighted by atomic mass is 10.3. The van der Waals surface area contributed by atoms with Crippen LogP contribution in [0.2, 0.25) is 0 Å². The Hall–Kier alpha value is -0.780. The first kappa shape index (κ1) is 12.2. The summed E-state index contributed by atoms with van der Waals surface area (Å²) in [5.74, 6) is 2.60. The van der Waals surface area contributed by atoms with E-state index in [-0.39, 0.29) is 0 Å². The van der Waals surface area contributed by atoms with E-state index < -0.39 is 0 Å². The molecule has 0 aliphatic heterocycles. The average Bonchev–Trinajstić information content (AvgIpc) is 2.16. The minimum atomic E-state index is 0.768. The van der Waals surface area contributed by atoms with E-state index >= 15 is 0 Å². The fourth-order valence-corrected chi connectivity index (χ4v) is 0.854. The largest absolute Gasteiger partial charge is 0.380 e. The van der Waals surface area contributed by atoms with Crippen molar-refractivity contribution in [2.75, 3.05) is 26.3 Å². The van der Waals surface area contributed by atoms with Gasteiger partial charge >= 0.3 is 0 Å². The summed E-state index contributed by atoms with van der Waals surface area (Å²) in [6.45, 7) is 7.04. The van der Waals surface area contributed by atoms with Crippen LogP contribution in [0.1, 0.15) is 19.3 Å². The van der Waals surface area contributed by atoms with Gasteiger partial charge in [-0.3, -0.25) is 0 Å². The summed E-state index contributed by atoms with van der Waals surface area (Å²) in [5.41, 5.74) is 0. The van der Waals surface area contributed by atoms with Gasteiger partial charge in [-0.25, -0.2) is 0 Å². The summed E-state index contributed by atoms with van der Waals surface area (Å²) in [6.07, 6.45) is 9.80. The van der Waals surface area contributed by atoms with E-state index in [0.717, 1.165) is 45.6 Å². The van der Waals surface area contributed by atoms with E-state index in [1.54, 1.807) is 0 Å². The SMILES string of the molecule is C#CCCCNCCOCCC=C. The third-order valence-electron chi connectivity index (χ3n) is 1.56. The minimum Gasteiger partial charge on any atom is -0.380 e. The van der Waals surface area contributed by atoms with Gasteiger partial charge in [0.1, 0.15) is 0 Å². The van der Waals surface area contributed by atoms with Gasteiger partial charge in [0.25, 0.3) is 0 Å². The molecule has 0 aromatic rings. The van der Waals surface area contributed by atoms with Gasteiger partial charge in [0.2, 0.25) is 0 Å². The second-order valence-electron chi connectivity index (χ2n) is 2.75. The standard InChI is InChI=1S/C11H19NO/c1-3-5-7-8-12-9-11-13-10-6-4-2/h1,4,12H,2,5-11H2. The summed E-state index contributed by atoms with van der Waals surface area (Å²) in [7, 11) is 0. The molecule has 0 radical (unpaired) electrons. The van der Waals surface area contributed by atoms with Crippen molar-refractivity contribution in [3.05, 3.63) is 12.7 Å². The predicted molar refractivity (Wildman–Crippen MR) is 56.6 cm³/mol. The summed E-state index contributed by atoms with van der Waals surface area (Å²) in [6, 6.07) is 0. The van der Waals surface area contributed by atoms with Crippen molar-refractivity contribution in [1.29, 1.82) is 0 Å². The van der Waals surface area contributed by atoms with E-state index in [4.69, 9.17) is 11.2 Å². The molecule has 0 aromatic heterocycles. The Kier molecular flexibility index (Phi) is 10.5. The fourth-order valence-electron chi connectivity index (χ4n) is 0.854. The maximum Gasteiger partial charge on any atom is 0.0591 e. The van der Waals surface area contributed by atoms with Gasteiger partial charge in [-0.2, -0.15) is 0 Å². The Morgan fingerprint density at radius 1 is 1.38 bits per heavy atom. The normalized spacial score (nSPS) is 9.46. The highest BCUT2D eigenvalue weighted by Crippen LogP contribution is 1.84. The number of nitrogens with one attached hydrogen (secondary N) is 1. The van der Waals surface area contributed by atoms with Gasteiger partial charge < -0.3 is 10.1 Å². The third kappa shape index (κ3) is 11.2. The van der Waals surface area contributed by atoms with E-state index in [9.17, 15) is 0 Å². The third-order valence-corrected chi connectivity index (χ3v) is 1.56. The van der Waals surface area contributed by atoms with Crippen LogP contribution >= 0.6 is 0 Å². The van der Waals surface area contributed by atoms with Crippen molar-refractivity contribution in [2.24, 2.45) is 0 Å². The molecule has 0 amide bonds. The van der Waals surface area contributed by atoms with Crippen LogP contribution in [0.3, 0.4) is 0 Å². The molecule has 74 valence electrons. The summed E-state index contributed by atoms with van der Waals surface area (Å²) >= 11 is 0. The van der Waals surface area contributed by atoms with Crippen LogP contribution in [-0.2, 0) is 4.74 Å². The number of terminal acetylenes is 1. The molecule has 0 unspecified atom stereocenters. The Bertz CT molecular complexity index is 149. The molecule has 2 nitrogen and oxygen atoms in total. The summed E-state index contributed by atoms with van der Waals surface area (Å²) in [4.78, 5) is 0. The van der Waals surface area contributed by atoms with Crippen molar-refractivity contribution in [1.82, 2.24) is 5.32 Å². The Labute approximate surface area is 81.4 Å². The van der Waals surface area contributed by atoms with Gasteiger partial charge in [0, 0.05) is 13.0 Å². The van der Waals surface area contributed by atoms with Crippen LogP contribution in [0.25, 0.3) is 0 Å². The molecule has 0 saturated carbocycles. The number of unbranched alkanes of at least 4 members (excludes halogenated alkanes) is 1. The molecule has 0 bridgehead atoms. The van der Waals surface area contributed by atoms with Gasteiger partial charge in [-0.1, -0.05) is 6.08 Å². The Morgan fingerprint density at radius 2 is 2.23 bits per heavy atom. The lowest BCUT2D eigenvalue weighted by Crippen LogP contribution is -2.20. The molecule has 0 heterocycles. The van der Waals surface area contributed by atoms with Crippen LogP contribution in [0.4, 0.5) is 0 Å². The highest BCUT2D eigenvalue weighted by atomic mass is 16.5. The zero-order valence-corrected chi connectivity index (χ0v) is 8.22. The van der Waals surface area contributed by atoms with E-state index in [1.165, 1.54) is 0 Å². The quantitative estimate of drug-likeness (QED) is 0.331. The molecule has 0 aliphatic carbocycles. The van der Waals surface area contributed by atoms with Gasteiger partial charge in [-0.15, -0.1) is 18.9 Å². The van der Waals surface area contributed by atoms with Gasteiger partial charge in [0.15, 0.2) is 0 Å². The predicted octanol–water partition coefficient (Wildman–Crippen LogP) is 1.58. The van der Waals surface area contributed by atoms with E-state index in [0.29, 0.717) is 0 Å². The zero-order chi connectivity index (χ0) is 9.78. The monoisotopic (exact) mass is 181 g/mol. The van der Waals surface area contributed by atoms with Crippen molar-refractivity contribution < 1.29 is 4.74 Å². The van der Waals surface area contributed by atoms with Gasteiger partial charge in [-0.05, 0) is 19.4 Å². The molecule has 0 aliphatic rings. The van der Waals surface area contributed by atoms with Crippen LogP contribution in [0, 0.1) is 12.3 Å². The number of hydrogen-bond donors (Lipinski definition) is 1. The van der Waals surface area contributed by atoms with Crippen LogP contribution in [0.15, 0.2) is 12.7 Å². The first-order valence-electron chi connectivity index (χ1n) is 4.74. The topological polar surface area (TPSA) is 21.3 Å². The van der Waals surface area contributed by atoms with E-state index in [1.807, 2.05) is 6.08 Å². The lowest BCUT2D eigenvalue weighted by Gasteiger charge is -2.03. The molecule has 0 rings (SSSR count). The maximum atomic E-state index is 5.31. The molecule has 2 heteroatoms. The number of ether oxygens (including phenoxy) is 1. The molecular weight excluding hydrogens is 162 g/mol. The molecule has 0 aromatic carbocycles. The number of rotatable bonds is 9. The van der Waals surface area contributed by atoms with Crippen LogP contribution < -0.4 is 5.32 Å². The van der Waals surface area contributed by atoms with Crippen molar-refractivity contribution in [3.8, 4) is 12.3 Å². The molecule has 0 spiro atoms. The Morgan fingerprint density at radius 3 is 2.92 bits per heavy atom. The van der Waals surface area contributed by atoms with Crippen LogP contribution in [0.5, 0.6) is 0 Å². The summed E-state index contributed by atoms with van der Waals surface area (Å²) in [5, 5.41) is 3.25. The second kappa shape index (κ2) is 11.2. The fraction of sp³-hybridized carbons (Fsp3) is 0.636. The average molecular weight is 181 g/mol. The first-order valence-corrected chi connectivity index (χ1v) is 4.74. The van der Waals surface area contributed by atoms with Gasteiger partial charge in [0.05, 0.1) is 13.2 Å². The smallest absolute Gasteiger partial charge is 0.0591 e.